The summed E-state index contributed by atoms with van der Waals surface area (Å²) in [5.74, 6) is -2.72. The van der Waals surface area contributed by atoms with Crippen LogP contribution in [0.25, 0.3) is 6.08 Å². The van der Waals surface area contributed by atoms with Gasteiger partial charge < -0.3 is 4.74 Å². The van der Waals surface area contributed by atoms with E-state index in [-0.39, 0.29) is 17.2 Å². The largest absolute Gasteiger partial charge is 0.402 e. The second-order valence-electron chi connectivity index (χ2n) is 4.25. The molecule has 6 heteroatoms. The van der Waals surface area contributed by atoms with E-state index < -0.39 is 17.6 Å². The lowest BCUT2D eigenvalue weighted by Crippen LogP contribution is -2.06. The zero-order chi connectivity index (χ0) is 14.8. The lowest BCUT2D eigenvalue weighted by atomic mass is 10.2. The molecule has 0 saturated heterocycles. The zero-order valence-electron chi connectivity index (χ0n) is 10.6. The number of aromatic nitrogens is 1. The minimum absolute atomic E-state index is 0.0611. The molecule has 1 aliphatic rings. The summed E-state index contributed by atoms with van der Waals surface area (Å²) in [5, 5.41) is 0. The molecule has 1 aromatic carbocycles. The van der Waals surface area contributed by atoms with E-state index in [0.717, 1.165) is 12.1 Å². The molecule has 0 aliphatic carbocycles. The fraction of sp³-hybridized carbons (Fsp3) is 0. The van der Waals surface area contributed by atoms with Gasteiger partial charge in [-0.05, 0) is 35.9 Å². The molecule has 0 atom stereocenters. The molecule has 0 bridgehead atoms. The van der Waals surface area contributed by atoms with Gasteiger partial charge >= 0.3 is 5.97 Å². The minimum atomic E-state index is -1.03. The van der Waals surface area contributed by atoms with Crippen LogP contribution in [-0.2, 0) is 9.53 Å². The van der Waals surface area contributed by atoms with Gasteiger partial charge in [0.05, 0.1) is 0 Å². The summed E-state index contributed by atoms with van der Waals surface area (Å²) in [4.78, 5) is 19.6. The normalized spacial score (nSPS) is 16.0. The highest BCUT2D eigenvalue weighted by molar-refractivity contribution is 6.12. The molecule has 21 heavy (non-hydrogen) atoms. The first-order valence-corrected chi connectivity index (χ1v) is 6.01. The van der Waals surface area contributed by atoms with E-state index in [1.165, 1.54) is 12.1 Å². The van der Waals surface area contributed by atoms with Gasteiger partial charge in [-0.25, -0.2) is 18.6 Å². The van der Waals surface area contributed by atoms with E-state index in [0.29, 0.717) is 5.56 Å². The molecular formula is C15H8F2N2O2. The number of hydrogen-bond donors (Lipinski definition) is 0. The smallest absolute Gasteiger partial charge is 0.363 e. The number of carbonyl (C=O) groups is 1. The molecule has 2 aromatic rings. The third kappa shape index (κ3) is 2.69. The van der Waals surface area contributed by atoms with Crippen LogP contribution in [0.5, 0.6) is 0 Å². The summed E-state index contributed by atoms with van der Waals surface area (Å²) >= 11 is 0. The van der Waals surface area contributed by atoms with Crippen LogP contribution < -0.4 is 0 Å². The summed E-state index contributed by atoms with van der Waals surface area (Å²) in [6, 6.07) is 6.63. The van der Waals surface area contributed by atoms with Crippen molar-refractivity contribution in [1.29, 1.82) is 0 Å². The SMILES string of the molecule is O=C1OC(c2ccc(F)c(F)c2)=NC1=Cc1cccnc1. The van der Waals surface area contributed by atoms with Gasteiger partial charge in [0.2, 0.25) is 5.90 Å². The van der Waals surface area contributed by atoms with Gasteiger partial charge in [-0.15, -0.1) is 0 Å². The molecule has 1 aliphatic heterocycles. The van der Waals surface area contributed by atoms with E-state index in [1.54, 1.807) is 24.5 Å². The van der Waals surface area contributed by atoms with Crippen molar-refractivity contribution in [1.82, 2.24) is 4.98 Å². The first-order valence-electron chi connectivity index (χ1n) is 6.01. The highest BCUT2D eigenvalue weighted by Gasteiger charge is 2.24. The quantitative estimate of drug-likeness (QED) is 0.630. The Morgan fingerprint density at radius 3 is 2.71 bits per heavy atom. The Bertz CT molecular complexity index is 770. The standard InChI is InChI=1S/C15H8F2N2O2/c16-11-4-3-10(7-12(11)17)14-19-13(15(20)21-14)6-9-2-1-5-18-8-9/h1-8H. The van der Waals surface area contributed by atoms with E-state index >= 15 is 0 Å². The predicted octanol–water partition coefficient (Wildman–Crippen LogP) is 2.70. The van der Waals surface area contributed by atoms with Crippen molar-refractivity contribution in [3.63, 3.8) is 0 Å². The van der Waals surface area contributed by atoms with Gasteiger partial charge in [0, 0.05) is 18.0 Å². The van der Waals surface area contributed by atoms with Gasteiger partial charge in [0.25, 0.3) is 0 Å². The molecule has 0 saturated carbocycles. The van der Waals surface area contributed by atoms with Gasteiger partial charge in [-0.3, -0.25) is 4.98 Å². The molecule has 1 aromatic heterocycles. The number of cyclic esters (lactones) is 1. The summed E-state index contributed by atoms with van der Waals surface area (Å²) in [6.07, 6.45) is 4.67. The Morgan fingerprint density at radius 1 is 1.14 bits per heavy atom. The number of halogens is 2. The molecule has 0 fully saturated rings. The average molecular weight is 286 g/mol. The highest BCUT2D eigenvalue weighted by atomic mass is 19.2. The van der Waals surface area contributed by atoms with Gasteiger partial charge in [-0.1, -0.05) is 6.07 Å². The number of pyridine rings is 1. The molecule has 0 radical (unpaired) electrons. The number of rotatable bonds is 2. The monoisotopic (exact) mass is 286 g/mol. The fourth-order valence-corrected chi connectivity index (χ4v) is 1.78. The first kappa shape index (κ1) is 13.1. The maximum absolute atomic E-state index is 13.2. The van der Waals surface area contributed by atoms with Crippen LogP contribution in [0.15, 0.2) is 53.4 Å². The molecular weight excluding hydrogens is 278 g/mol. The molecule has 0 amide bonds. The van der Waals surface area contributed by atoms with Crippen LogP contribution in [0.2, 0.25) is 0 Å². The number of hydrogen-bond acceptors (Lipinski definition) is 4. The Kier molecular flexibility index (Phi) is 3.27. The minimum Gasteiger partial charge on any atom is -0.402 e. The summed E-state index contributed by atoms with van der Waals surface area (Å²) in [6.45, 7) is 0. The van der Waals surface area contributed by atoms with Crippen molar-refractivity contribution in [2.45, 2.75) is 0 Å². The Hall–Kier alpha value is -2.89. The Morgan fingerprint density at radius 2 is 2.00 bits per heavy atom. The van der Waals surface area contributed by atoms with Crippen LogP contribution in [0.1, 0.15) is 11.1 Å². The predicted molar refractivity (Wildman–Crippen MR) is 71.2 cm³/mol. The third-order valence-corrected chi connectivity index (χ3v) is 2.77. The molecule has 104 valence electrons. The number of aliphatic imine (C=N–C) groups is 1. The molecule has 4 nitrogen and oxygen atoms in total. The summed E-state index contributed by atoms with van der Waals surface area (Å²) in [7, 11) is 0. The van der Waals surface area contributed by atoms with Crippen LogP contribution in [-0.4, -0.2) is 16.9 Å². The van der Waals surface area contributed by atoms with Crippen LogP contribution in [0.4, 0.5) is 8.78 Å². The second-order valence-corrected chi connectivity index (χ2v) is 4.25. The van der Waals surface area contributed by atoms with E-state index in [9.17, 15) is 13.6 Å². The number of esters is 1. The lowest BCUT2D eigenvalue weighted by molar-refractivity contribution is -0.129. The average Bonchev–Trinajstić information content (AvgIpc) is 2.84. The summed E-state index contributed by atoms with van der Waals surface area (Å²) < 4.78 is 31.0. The number of benzene rings is 1. The molecule has 0 unspecified atom stereocenters. The highest BCUT2D eigenvalue weighted by Crippen LogP contribution is 2.20. The molecule has 2 heterocycles. The van der Waals surface area contributed by atoms with Gasteiger partial charge in [-0.2, -0.15) is 0 Å². The third-order valence-electron chi connectivity index (χ3n) is 2.77. The van der Waals surface area contributed by atoms with Gasteiger partial charge in [0.1, 0.15) is 0 Å². The van der Waals surface area contributed by atoms with Crippen LogP contribution >= 0.6 is 0 Å². The topological polar surface area (TPSA) is 51.5 Å². The van der Waals surface area contributed by atoms with E-state index in [2.05, 4.69) is 9.98 Å². The van der Waals surface area contributed by atoms with Crippen molar-refractivity contribution in [3.8, 4) is 0 Å². The Balaban J connectivity index is 1.95. The fourth-order valence-electron chi connectivity index (χ4n) is 1.78. The lowest BCUT2D eigenvalue weighted by Gasteiger charge is -1.99. The maximum atomic E-state index is 13.2. The van der Waals surface area contributed by atoms with Crippen molar-refractivity contribution < 1.29 is 18.3 Å². The first-order chi connectivity index (χ1) is 10.1. The van der Waals surface area contributed by atoms with Crippen molar-refractivity contribution in [2.24, 2.45) is 4.99 Å². The van der Waals surface area contributed by atoms with E-state index in [1.807, 2.05) is 0 Å². The number of nitrogens with zero attached hydrogens (tertiary/aromatic N) is 2. The van der Waals surface area contributed by atoms with Crippen LogP contribution in [0, 0.1) is 11.6 Å². The number of carbonyl (C=O) groups excluding carboxylic acids is 1. The zero-order valence-corrected chi connectivity index (χ0v) is 10.6. The van der Waals surface area contributed by atoms with E-state index in [4.69, 9.17) is 4.74 Å². The molecule has 0 spiro atoms. The van der Waals surface area contributed by atoms with Crippen molar-refractivity contribution in [3.05, 3.63) is 71.2 Å². The molecule has 3 rings (SSSR count). The number of ether oxygens (including phenoxy) is 1. The van der Waals surface area contributed by atoms with Crippen molar-refractivity contribution >= 4 is 17.9 Å². The second kappa shape index (κ2) is 5.24. The molecule has 0 N–H and O–H groups in total. The summed E-state index contributed by atoms with van der Waals surface area (Å²) in [5.41, 5.74) is 0.944. The van der Waals surface area contributed by atoms with Crippen LogP contribution in [0.3, 0.4) is 0 Å². The van der Waals surface area contributed by atoms with Crippen molar-refractivity contribution in [2.75, 3.05) is 0 Å². The maximum Gasteiger partial charge on any atom is 0.363 e. The Labute approximate surface area is 118 Å². The van der Waals surface area contributed by atoms with Gasteiger partial charge in [0.15, 0.2) is 17.3 Å².